The van der Waals surface area contributed by atoms with Gasteiger partial charge in [-0.3, -0.25) is 4.79 Å². The fraction of sp³-hybridized carbons (Fsp3) is 0.562. The highest BCUT2D eigenvalue weighted by atomic mass is 35.5. The third-order valence-corrected chi connectivity index (χ3v) is 5.07. The lowest BCUT2D eigenvalue weighted by molar-refractivity contribution is 0.0996. The van der Waals surface area contributed by atoms with Gasteiger partial charge in [0, 0.05) is 18.8 Å². The number of nitrogens with two attached hydrogens (primary N) is 1. The van der Waals surface area contributed by atoms with Crippen LogP contribution in [0.2, 0.25) is 0 Å². The molecule has 0 saturated carbocycles. The predicted molar refractivity (Wildman–Crippen MR) is 88.1 cm³/mol. The van der Waals surface area contributed by atoms with Crippen LogP contribution in [-0.4, -0.2) is 32.1 Å². The molecule has 1 aromatic carbocycles. The first-order chi connectivity index (χ1) is 10.1. The third-order valence-electron chi connectivity index (χ3n) is 5.07. The summed E-state index contributed by atoms with van der Waals surface area (Å²) in [6.07, 6.45) is 4.81. The number of amides is 1. The monoisotopic (exact) mass is 327 g/mol. The van der Waals surface area contributed by atoms with Crippen LogP contribution in [0.25, 0.3) is 0 Å². The number of halogens is 2. The molecule has 0 unspecified atom stereocenters. The van der Waals surface area contributed by atoms with Gasteiger partial charge in [0.2, 0.25) is 0 Å². The quantitative estimate of drug-likeness (QED) is 0.876. The maximum atomic E-state index is 13.9. The minimum absolute atomic E-state index is 0. The van der Waals surface area contributed by atoms with E-state index in [1.807, 2.05) is 0 Å². The number of hydrogen-bond acceptors (Lipinski definition) is 3. The topological polar surface area (TPSA) is 58.4 Å². The van der Waals surface area contributed by atoms with Gasteiger partial charge in [0.05, 0.1) is 5.56 Å². The second-order valence-electron chi connectivity index (χ2n) is 6.27. The Labute approximate surface area is 136 Å². The SMILES string of the molecule is Cl.NC(=O)c1ccc(N2CCC3(CCNCC3)CC2)cc1F. The lowest BCUT2D eigenvalue weighted by Crippen LogP contribution is -2.45. The fourth-order valence-electron chi connectivity index (χ4n) is 3.60. The molecule has 1 amide bonds. The fourth-order valence-corrected chi connectivity index (χ4v) is 3.60. The molecular weight excluding hydrogens is 305 g/mol. The first-order valence-electron chi connectivity index (χ1n) is 7.65. The van der Waals surface area contributed by atoms with Gasteiger partial charge >= 0.3 is 0 Å². The van der Waals surface area contributed by atoms with Crippen LogP contribution in [0.5, 0.6) is 0 Å². The second-order valence-corrected chi connectivity index (χ2v) is 6.27. The van der Waals surface area contributed by atoms with Gasteiger partial charge in [-0.25, -0.2) is 4.39 Å². The van der Waals surface area contributed by atoms with Crippen LogP contribution in [0.15, 0.2) is 18.2 Å². The molecule has 0 bridgehead atoms. The van der Waals surface area contributed by atoms with E-state index in [9.17, 15) is 9.18 Å². The second kappa shape index (κ2) is 6.84. The average Bonchev–Trinajstić information content (AvgIpc) is 2.48. The Bertz CT molecular complexity index is 536. The summed E-state index contributed by atoms with van der Waals surface area (Å²) in [5.74, 6) is -1.24. The van der Waals surface area contributed by atoms with Crippen molar-refractivity contribution in [2.75, 3.05) is 31.1 Å². The molecule has 1 aromatic rings. The number of carbonyl (C=O) groups is 1. The molecule has 3 N–H and O–H groups in total. The summed E-state index contributed by atoms with van der Waals surface area (Å²) in [7, 11) is 0. The number of hydrogen-bond donors (Lipinski definition) is 2. The van der Waals surface area contributed by atoms with Gasteiger partial charge in [0.15, 0.2) is 0 Å². The molecule has 0 aliphatic carbocycles. The number of carbonyl (C=O) groups excluding carboxylic acids is 1. The molecule has 0 aromatic heterocycles. The van der Waals surface area contributed by atoms with Crippen LogP contribution in [0.3, 0.4) is 0 Å². The number of nitrogens with zero attached hydrogens (tertiary/aromatic N) is 1. The number of primary amides is 1. The van der Waals surface area contributed by atoms with Crippen molar-refractivity contribution in [3.05, 3.63) is 29.6 Å². The Morgan fingerprint density at radius 2 is 1.82 bits per heavy atom. The van der Waals surface area contributed by atoms with Gasteiger partial charge in [0.25, 0.3) is 5.91 Å². The van der Waals surface area contributed by atoms with Crippen molar-refractivity contribution < 1.29 is 9.18 Å². The number of nitrogens with one attached hydrogen (secondary N) is 1. The van der Waals surface area contributed by atoms with Gasteiger partial charge in [0.1, 0.15) is 5.82 Å². The lowest BCUT2D eigenvalue weighted by atomic mass is 9.71. The van der Waals surface area contributed by atoms with Crippen LogP contribution in [0.1, 0.15) is 36.0 Å². The Morgan fingerprint density at radius 1 is 1.18 bits per heavy atom. The van der Waals surface area contributed by atoms with E-state index >= 15 is 0 Å². The molecule has 2 aliphatic rings. The number of rotatable bonds is 2. The summed E-state index contributed by atoms with van der Waals surface area (Å²) >= 11 is 0. The molecule has 2 fully saturated rings. The van der Waals surface area contributed by atoms with E-state index in [4.69, 9.17) is 5.73 Å². The Balaban J connectivity index is 0.00000176. The van der Waals surface area contributed by atoms with Crippen molar-refractivity contribution in [3.8, 4) is 0 Å². The molecule has 122 valence electrons. The van der Waals surface area contributed by atoms with Crippen molar-refractivity contribution >= 4 is 24.0 Å². The Hall–Kier alpha value is -1.33. The van der Waals surface area contributed by atoms with Crippen molar-refractivity contribution in [2.45, 2.75) is 25.7 Å². The van der Waals surface area contributed by atoms with Crippen LogP contribution >= 0.6 is 12.4 Å². The van der Waals surface area contributed by atoms with Crippen molar-refractivity contribution in [3.63, 3.8) is 0 Å². The highest BCUT2D eigenvalue weighted by Crippen LogP contribution is 2.40. The minimum atomic E-state index is -0.716. The molecule has 22 heavy (non-hydrogen) atoms. The summed E-state index contributed by atoms with van der Waals surface area (Å²) in [6, 6.07) is 4.71. The molecule has 2 heterocycles. The van der Waals surface area contributed by atoms with E-state index in [0.717, 1.165) is 44.7 Å². The zero-order valence-corrected chi connectivity index (χ0v) is 13.4. The summed E-state index contributed by atoms with van der Waals surface area (Å²) in [4.78, 5) is 13.3. The zero-order valence-electron chi connectivity index (χ0n) is 12.6. The van der Waals surface area contributed by atoms with Crippen LogP contribution in [0.4, 0.5) is 10.1 Å². The first-order valence-corrected chi connectivity index (χ1v) is 7.65. The Kier molecular flexibility index (Phi) is 5.29. The van der Waals surface area contributed by atoms with E-state index in [1.54, 1.807) is 6.07 Å². The Morgan fingerprint density at radius 3 is 2.36 bits per heavy atom. The van der Waals surface area contributed by atoms with Gasteiger partial charge in [-0.05, 0) is 62.4 Å². The number of benzene rings is 1. The van der Waals surface area contributed by atoms with Gasteiger partial charge in [-0.1, -0.05) is 0 Å². The van der Waals surface area contributed by atoms with Crippen molar-refractivity contribution in [1.82, 2.24) is 5.32 Å². The maximum Gasteiger partial charge on any atom is 0.251 e. The molecule has 3 rings (SSSR count). The smallest absolute Gasteiger partial charge is 0.251 e. The molecule has 4 nitrogen and oxygen atoms in total. The average molecular weight is 328 g/mol. The lowest BCUT2D eigenvalue weighted by Gasteiger charge is -2.45. The molecule has 0 radical (unpaired) electrons. The minimum Gasteiger partial charge on any atom is -0.371 e. The molecule has 2 saturated heterocycles. The number of piperidine rings is 2. The first kappa shape index (κ1) is 17.0. The van der Waals surface area contributed by atoms with E-state index in [1.165, 1.54) is 25.0 Å². The van der Waals surface area contributed by atoms with Gasteiger partial charge < -0.3 is 16.0 Å². The standard InChI is InChI=1S/C16H22FN3O.ClH/c17-14-11-12(1-2-13(14)15(18)21)20-9-5-16(6-10-20)3-7-19-8-4-16;/h1-2,11,19H,3-10H2,(H2,18,21);1H. The third kappa shape index (κ3) is 3.36. The molecule has 2 aliphatic heterocycles. The predicted octanol–water partition coefficient (Wildman–Crippen LogP) is 2.32. The molecule has 6 heteroatoms. The van der Waals surface area contributed by atoms with Crippen LogP contribution in [-0.2, 0) is 0 Å². The van der Waals surface area contributed by atoms with E-state index in [0.29, 0.717) is 5.41 Å². The van der Waals surface area contributed by atoms with Crippen molar-refractivity contribution in [2.24, 2.45) is 11.1 Å². The highest BCUT2D eigenvalue weighted by molar-refractivity contribution is 5.93. The molecule has 0 atom stereocenters. The maximum absolute atomic E-state index is 13.9. The molecule has 1 spiro atoms. The zero-order chi connectivity index (χ0) is 14.9. The van der Waals surface area contributed by atoms with E-state index < -0.39 is 11.7 Å². The normalized spacial score (nSPS) is 20.5. The van der Waals surface area contributed by atoms with Crippen LogP contribution in [0, 0.1) is 11.2 Å². The molecular formula is C16H23ClFN3O. The van der Waals surface area contributed by atoms with E-state index in [2.05, 4.69) is 10.2 Å². The largest absolute Gasteiger partial charge is 0.371 e. The number of anilines is 1. The summed E-state index contributed by atoms with van der Waals surface area (Å²) in [5.41, 5.74) is 6.43. The summed E-state index contributed by atoms with van der Waals surface area (Å²) < 4.78 is 13.9. The van der Waals surface area contributed by atoms with Crippen molar-refractivity contribution in [1.29, 1.82) is 0 Å². The van der Waals surface area contributed by atoms with E-state index in [-0.39, 0.29) is 18.0 Å². The van der Waals surface area contributed by atoms with Gasteiger partial charge in [-0.15, -0.1) is 12.4 Å². The van der Waals surface area contributed by atoms with Crippen LogP contribution < -0.4 is 16.0 Å². The van der Waals surface area contributed by atoms with Gasteiger partial charge in [-0.2, -0.15) is 0 Å². The highest BCUT2D eigenvalue weighted by Gasteiger charge is 2.35. The summed E-state index contributed by atoms with van der Waals surface area (Å²) in [6.45, 7) is 4.13. The summed E-state index contributed by atoms with van der Waals surface area (Å²) in [5, 5.41) is 3.42.